The molecule has 0 radical (unpaired) electrons. The molecule has 20 heavy (non-hydrogen) atoms. The first kappa shape index (κ1) is 16.0. The van der Waals surface area contributed by atoms with Crippen LogP contribution in [-0.4, -0.2) is 29.8 Å². The lowest BCUT2D eigenvalue weighted by molar-refractivity contribution is 0.0923. The number of hydrogen-bond donors (Lipinski definition) is 0. The monoisotopic (exact) mass is 357 g/mol. The summed E-state index contributed by atoms with van der Waals surface area (Å²) in [6, 6.07) is 6.11. The van der Waals surface area contributed by atoms with Gasteiger partial charge >= 0.3 is 0 Å². The third-order valence-corrected chi connectivity index (χ3v) is 4.88. The van der Waals surface area contributed by atoms with Crippen LogP contribution in [0.25, 0.3) is 0 Å². The first-order valence-electron chi connectivity index (χ1n) is 7.34. The van der Waals surface area contributed by atoms with E-state index in [9.17, 15) is 4.79 Å². The van der Waals surface area contributed by atoms with Gasteiger partial charge in [0.25, 0.3) is 0 Å². The summed E-state index contributed by atoms with van der Waals surface area (Å²) in [6.07, 6.45) is 5.57. The van der Waals surface area contributed by atoms with Crippen LogP contribution in [0.15, 0.2) is 22.7 Å². The maximum atomic E-state index is 12.3. The molecular formula is C16H21BrClNO. The topological polar surface area (TPSA) is 20.3 Å². The second-order valence-electron chi connectivity index (χ2n) is 5.39. The summed E-state index contributed by atoms with van der Waals surface area (Å²) < 4.78 is 0.904. The van der Waals surface area contributed by atoms with E-state index >= 15 is 0 Å². The van der Waals surface area contributed by atoms with Gasteiger partial charge in [0.15, 0.2) is 5.78 Å². The summed E-state index contributed by atoms with van der Waals surface area (Å²) in [5.74, 6) is 0.142. The minimum Gasteiger partial charge on any atom is -0.300 e. The summed E-state index contributed by atoms with van der Waals surface area (Å²) in [5, 5.41) is 0.537. The van der Waals surface area contributed by atoms with Crippen LogP contribution in [-0.2, 0) is 0 Å². The van der Waals surface area contributed by atoms with Crippen LogP contribution in [0, 0.1) is 0 Å². The molecule has 0 aliphatic carbocycles. The van der Waals surface area contributed by atoms with Gasteiger partial charge < -0.3 is 0 Å². The average Bonchev–Trinajstić information content (AvgIpc) is 2.45. The summed E-state index contributed by atoms with van der Waals surface area (Å²) >= 11 is 9.50. The highest BCUT2D eigenvalue weighted by molar-refractivity contribution is 9.10. The molecule has 1 unspecified atom stereocenters. The Bertz CT molecular complexity index is 478. The molecule has 1 aromatic carbocycles. The largest absolute Gasteiger partial charge is 0.300 e. The van der Waals surface area contributed by atoms with E-state index in [0.717, 1.165) is 17.6 Å². The Kier molecular flexibility index (Phi) is 6.06. The normalized spacial score (nSPS) is 20.1. The molecule has 1 heterocycles. The molecular weight excluding hydrogens is 338 g/mol. The van der Waals surface area contributed by atoms with Crippen molar-refractivity contribution in [3.05, 3.63) is 33.3 Å². The fourth-order valence-electron chi connectivity index (χ4n) is 2.91. The van der Waals surface area contributed by atoms with Gasteiger partial charge in [-0.1, -0.05) is 40.9 Å². The molecule has 4 heteroatoms. The number of nitrogens with zero attached hydrogens (tertiary/aromatic N) is 1. The van der Waals surface area contributed by atoms with Crippen LogP contribution in [0.5, 0.6) is 0 Å². The molecule has 0 amide bonds. The SMILES string of the molecule is CCC1CCCCN1CCC(=O)c1ccc(Br)cc1Cl. The number of carbonyl (C=O) groups is 1. The zero-order valence-electron chi connectivity index (χ0n) is 11.9. The van der Waals surface area contributed by atoms with E-state index in [2.05, 4.69) is 27.8 Å². The van der Waals surface area contributed by atoms with E-state index in [0.29, 0.717) is 23.0 Å². The van der Waals surface area contributed by atoms with Crippen LogP contribution in [0.4, 0.5) is 0 Å². The van der Waals surface area contributed by atoms with E-state index < -0.39 is 0 Å². The van der Waals surface area contributed by atoms with Gasteiger partial charge in [-0.15, -0.1) is 0 Å². The molecule has 1 aromatic rings. The molecule has 2 rings (SSSR count). The van der Waals surface area contributed by atoms with Crippen LogP contribution < -0.4 is 0 Å². The van der Waals surface area contributed by atoms with Gasteiger partial charge in [0, 0.05) is 29.0 Å². The first-order chi connectivity index (χ1) is 9.61. The minimum atomic E-state index is 0.142. The third kappa shape index (κ3) is 4.06. The average molecular weight is 359 g/mol. The predicted molar refractivity (Wildman–Crippen MR) is 87.6 cm³/mol. The molecule has 110 valence electrons. The standard InChI is InChI=1S/C16H21BrClNO/c1-2-13-5-3-4-9-19(13)10-8-16(20)14-7-6-12(17)11-15(14)18/h6-7,11,13H,2-5,8-10H2,1H3. The van der Waals surface area contributed by atoms with Crippen LogP contribution in [0.1, 0.15) is 49.4 Å². The van der Waals surface area contributed by atoms with Gasteiger partial charge in [0.05, 0.1) is 5.02 Å². The second-order valence-corrected chi connectivity index (χ2v) is 6.71. The van der Waals surface area contributed by atoms with E-state index in [4.69, 9.17) is 11.6 Å². The Morgan fingerprint density at radius 2 is 2.25 bits per heavy atom. The maximum absolute atomic E-state index is 12.3. The minimum absolute atomic E-state index is 0.142. The summed E-state index contributed by atoms with van der Waals surface area (Å²) in [7, 11) is 0. The number of hydrogen-bond acceptors (Lipinski definition) is 2. The number of Topliss-reactive ketones (excluding diaryl/α,β-unsaturated/α-hetero) is 1. The molecule has 1 saturated heterocycles. The Balaban J connectivity index is 1.94. The lowest BCUT2D eigenvalue weighted by Crippen LogP contribution is -2.40. The fourth-order valence-corrected chi connectivity index (χ4v) is 3.69. The smallest absolute Gasteiger partial charge is 0.165 e. The highest BCUT2D eigenvalue weighted by Crippen LogP contribution is 2.24. The van der Waals surface area contributed by atoms with Crippen molar-refractivity contribution in [2.45, 2.75) is 45.1 Å². The van der Waals surface area contributed by atoms with Gasteiger partial charge in [0.1, 0.15) is 0 Å². The van der Waals surface area contributed by atoms with Crippen LogP contribution >= 0.6 is 27.5 Å². The van der Waals surface area contributed by atoms with Crippen molar-refractivity contribution in [3.8, 4) is 0 Å². The van der Waals surface area contributed by atoms with Crippen molar-refractivity contribution in [1.82, 2.24) is 4.90 Å². The number of carbonyl (C=O) groups excluding carboxylic acids is 1. The van der Waals surface area contributed by atoms with Crippen molar-refractivity contribution >= 4 is 33.3 Å². The van der Waals surface area contributed by atoms with Crippen molar-refractivity contribution in [2.75, 3.05) is 13.1 Å². The van der Waals surface area contributed by atoms with Crippen molar-refractivity contribution in [1.29, 1.82) is 0 Å². The van der Waals surface area contributed by atoms with Crippen molar-refractivity contribution < 1.29 is 4.79 Å². The Morgan fingerprint density at radius 1 is 1.45 bits per heavy atom. The Morgan fingerprint density at radius 3 is 2.95 bits per heavy atom. The number of benzene rings is 1. The highest BCUT2D eigenvalue weighted by Gasteiger charge is 2.21. The molecule has 0 aromatic heterocycles. The zero-order valence-corrected chi connectivity index (χ0v) is 14.2. The van der Waals surface area contributed by atoms with Crippen LogP contribution in [0.2, 0.25) is 5.02 Å². The van der Waals surface area contributed by atoms with E-state index in [1.54, 1.807) is 6.07 Å². The first-order valence-corrected chi connectivity index (χ1v) is 8.51. The Hall–Kier alpha value is -0.380. The zero-order chi connectivity index (χ0) is 14.5. The van der Waals surface area contributed by atoms with Crippen LogP contribution in [0.3, 0.4) is 0 Å². The summed E-state index contributed by atoms with van der Waals surface area (Å²) in [5.41, 5.74) is 0.639. The molecule has 1 atom stereocenters. The maximum Gasteiger partial charge on any atom is 0.165 e. The number of rotatable bonds is 5. The van der Waals surface area contributed by atoms with E-state index in [-0.39, 0.29) is 5.78 Å². The molecule has 2 nitrogen and oxygen atoms in total. The Labute approximate surface area is 134 Å². The quantitative estimate of drug-likeness (QED) is 0.695. The lowest BCUT2D eigenvalue weighted by atomic mass is 9.99. The van der Waals surface area contributed by atoms with E-state index in [1.807, 2.05) is 12.1 Å². The summed E-state index contributed by atoms with van der Waals surface area (Å²) in [6.45, 7) is 4.21. The van der Waals surface area contributed by atoms with Crippen molar-refractivity contribution in [2.24, 2.45) is 0 Å². The third-order valence-electron chi connectivity index (χ3n) is 4.08. The number of piperidine rings is 1. The van der Waals surface area contributed by atoms with Gasteiger partial charge in [-0.25, -0.2) is 0 Å². The summed E-state index contributed by atoms with van der Waals surface area (Å²) in [4.78, 5) is 14.8. The molecule has 1 aliphatic heterocycles. The van der Waals surface area contributed by atoms with Gasteiger partial charge in [0.2, 0.25) is 0 Å². The molecule has 1 fully saturated rings. The molecule has 0 N–H and O–H groups in total. The van der Waals surface area contributed by atoms with E-state index in [1.165, 1.54) is 25.7 Å². The number of likely N-dealkylation sites (tertiary alicyclic amines) is 1. The lowest BCUT2D eigenvalue weighted by Gasteiger charge is -2.35. The van der Waals surface area contributed by atoms with Gasteiger partial charge in [-0.05, 0) is 44.0 Å². The van der Waals surface area contributed by atoms with Gasteiger partial charge in [-0.3, -0.25) is 9.69 Å². The molecule has 0 saturated carbocycles. The predicted octanol–water partition coefficient (Wildman–Crippen LogP) is 4.94. The van der Waals surface area contributed by atoms with Gasteiger partial charge in [-0.2, -0.15) is 0 Å². The van der Waals surface area contributed by atoms with Crippen molar-refractivity contribution in [3.63, 3.8) is 0 Å². The molecule has 0 bridgehead atoms. The molecule has 0 spiro atoms. The number of halogens is 2. The highest BCUT2D eigenvalue weighted by atomic mass is 79.9. The number of ketones is 1. The fraction of sp³-hybridized carbons (Fsp3) is 0.562. The molecule has 1 aliphatic rings. The second kappa shape index (κ2) is 7.58.